The van der Waals surface area contributed by atoms with Gasteiger partial charge in [-0.25, -0.2) is 4.79 Å². The second kappa shape index (κ2) is 11.9. The van der Waals surface area contributed by atoms with Crippen LogP contribution in [-0.2, 0) is 9.53 Å². The minimum absolute atomic E-state index is 0.262. The van der Waals surface area contributed by atoms with E-state index in [1.54, 1.807) is 24.3 Å². The number of aliphatic hydroxyl groups is 4. The van der Waals surface area contributed by atoms with E-state index in [1.807, 2.05) is 0 Å². The first-order valence-electron chi connectivity index (χ1n) is 9.23. The third-order valence-corrected chi connectivity index (χ3v) is 4.44. The maximum Gasteiger partial charge on any atom is 0.352 e. The number of nitrogens with zero attached hydrogens (tertiary/aromatic N) is 1. The predicted octanol–water partition coefficient (Wildman–Crippen LogP) is -1.12. The van der Waals surface area contributed by atoms with E-state index < -0.39 is 36.9 Å². The number of carboxylic acid groups (broad SMARTS) is 1. The number of carboxylic acids is 1. The van der Waals surface area contributed by atoms with Crippen LogP contribution in [-0.4, -0.2) is 93.9 Å². The SMILES string of the molecule is O=C(O)/C(=C\c1ccc(OCCOCCS)cc1)NC1=N[C@H](CO)[C@@H](O)[C@H](O)[C@H]1O. The van der Waals surface area contributed by atoms with Gasteiger partial charge in [0.1, 0.15) is 48.2 Å². The average Bonchev–Trinajstić information content (AvgIpc) is 2.74. The van der Waals surface area contributed by atoms with Gasteiger partial charge in [0.25, 0.3) is 0 Å². The largest absolute Gasteiger partial charge is 0.491 e. The van der Waals surface area contributed by atoms with Crippen molar-refractivity contribution in [1.82, 2.24) is 5.32 Å². The first-order chi connectivity index (χ1) is 14.4. The molecule has 6 N–H and O–H groups in total. The van der Waals surface area contributed by atoms with E-state index in [0.717, 1.165) is 0 Å². The molecule has 1 aliphatic rings. The fourth-order valence-corrected chi connectivity index (χ4v) is 2.79. The fraction of sp³-hybridized carbons (Fsp3) is 0.474. The minimum Gasteiger partial charge on any atom is -0.491 e. The zero-order valence-corrected chi connectivity index (χ0v) is 17.0. The summed E-state index contributed by atoms with van der Waals surface area (Å²) in [5.41, 5.74) is 0.214. The highest BCUT2D eigenvalue weighted by Crippen LogP contribution is 2.17. The Bertz CT molecular complexity index is 755. The molecule has 0 fully saturated rings. The van der Waals surface area contributed by atoms with E-state index in [9.17, 15) is 30.3 Å². The van der Waals surface area contributed by atoms with Crippen molar-refractivity contribution < 1.29 is 39.8 Å². The lowest BCUT2D eigenvalue weighted by Crippen LogP contribution is -2.56. The van der Waals surface area contributed by atoms with E-state index in [1.165, 1.54) is 6.08 Å². The normalized spacial score (nSPS) is 24.3. The summed E-state index contributed by atoms with van der Waals surface area (Å²) in [4.78, 5) is 15.5. The number of aliphatic carboxylic acids is 1. The molecule has 0 spiro atoms. The van der Waals surface area contributed by atoms with Crippen LogP contribution in [0.2, 0.25) is 0 Å². The van der Waals surface area contributed by atoms with Gasteiger partial charge < -0.3 is 40.3 Å². The number of nitrogens with one attached hydrogen (secondary N) is 1. The molecule has 1 aliphatic heterocycles. The molecular formula is C19H26N2O8S. The molecule has 4 atom stereocenters. The van der Waals surface area contributed by atoms with E-state index in [0.29, 0.717) is 36.9 Å². The number of thiol groups is 1. The standard InChI is InChI=1S/C19H26N2O8S/c22-10-14-15(23)16(24)17(25)18(21-14)20-13(19(26)27)9-11-1-3-12(4-2-11)29-6-5-28-7-8-30/h1-4,9,14-17,22-25,30H,5-8,10H2,(H,20,21)(H,26,27)/b13-9+/t14-,15-,16+,17-/m1/s1. The van der Waals surface area contributed by atoms with Gasteiger partial charge in [0.05, 0.1) is 19.8 Å². The molecule has 0 amide bonds. The molecule has 166 valence electrons. The summed E-state index contributed by atoms with van der Waals surface area (Å²) in [5.74, 6) is -0.374. The van der Waals surface area contributed by atoms with Gasteiger partial charge in [-0.2, -0.15) is 12.6 Å². The highest BCUT2D eigenvalue weighted by Gasteiger charge is 2.39. The van der Waals surface area contributed by atoms with Crippen LogP contribution in [0.3, 0.4) is 0 Å². The van der Waals surface area contributed by atoms with Crippen LogP contribution in [0.1, 0.15) is 5.56 Å². The van der Waals surface area contributed by atoms with Crippen LogP contribution in [0.15, 0.2) is 35.0 Å². The summed E-state index contributed by atoms with van der Waals surface area (Å²) in [5, 5.41) is 50.9. The number of aliphatic imine (C=N–C) groups is 1. The number of hydrogen-bond acceptors (Lipinski definition) is 10. The molecule has 0 saturated carbocycles. The number of amidine groups is 1. The van der Waals surface area contributed by atoms with Crippen LogP contribution in [0, 0.1) is 0 Å². The summed E-state index contributed by atoms with van der Waals surface area (Å²) in [6.45, 7) is 0.748. The molecule has 1 aromatic carbocycles. The van der Waals surface area contributed by atoms with Gasteiger partial charge in [0, 0.05) is 5.75 Å². The summed E-state index contributed by atoms with van der Waals surface area (Å²) < 4.78 is 10.8. The van der Waals surface area contributed by atoms with Crippen molar-refractivity contribution in [3.05, 3.63) is 35.5 Å². The summed E-state index contributed by atoms with van der Waals surface area (Å²) in [6.07, 6.45) is -3.41. The van der Waals surface area contributed by atoms with Crippen LogP contribution in [0.4, 0.5) is 0 Å². The van der Waals surface area contributed by atoms with Crippen LogP contribution in [0.5, 0.6) is 5.75 Å². The van der Waals surface area contributed by atoms with Gasteiger partial charge in [0.15, 0.2) is 0 Å². The van der Waals surface area contributed by atoms with Gasteiger partial charge in [-0.3, -0.25) is 4.99 Å². The van der Waals surface area contributed by atoms with Crippen molar-refractivity contribution in [3.8, 4) is 5.75 Å². The van der Waals surface area contributed by atoms with E-state index in [-0.39, 0.29) is 11.5 Å². The summed E-state index contributed by atoms with van der Waals surface area (Å²) in [7, 11) is 0. The van der Waals surface area contributed by atoms with E-state index in [2.05, 4.69) is 22.9 Å². The number of benzene rings is 1. The Hall–Kier alpha value is -2.15. The molecule has 0 radical (unpaired) electrons. The number of carbonyl (C=O) groups is 1. The van der Waals surface area contributed by atoms with E-state index >= 15 is 0 Å². The number of hydrogen-bond donors (Lipinski definition) is 7. The monoisotopic (exact) mass is 442 g/mol. The van der Waals surface area contributed by atoms with Crippen LogP contribution >= 0.6 is 12.6 Å². The Morgan fingerprint density at radius 3 is 2.43 bits per heavy atom. The highest BCUT2D eigenvalue weighted by molar-refractivity contribution is 7.80. The van der Waals surface area contributed by atoms with Crippen molar-refractivity contribution in [2.75, 3.05) is 32.2 Å². The number of rotatable bonds is 10. The molecule has 0 aliphatic carbocycles. The van der Waals surface area contributed by atoms with Crippen LogP contribution in [0.25, 0.3) is 6.08 Å². The Kier molecular flexibility index (Phi) is 9.56. The third kappa shape index (κ3) is 6.69. The fourth-order valence-electron chi connectivity index (χ4n) is 2.66. The molecular weight excluding hydrogens is 416 g/mol. The molecule has 1 heterocycles. The molecule has 11 heteroatoms. The first kappa shape index (κ1) is 24.1. The third-order valence-electron chi connectivity index (χ3n) is 4.26. The Morgan fingerprint density at radius 1 is 1.13 bits per heavy atom. The Balaban J connectivity index is 2.08. The highest BCUT2D eigenvalue weighted by atomic mass is 32.1. The molecule has 30 heavy (non-hydrogen) atoms. The zero-order valence-electron chi connectivity index (χ0n) is 16.1. The van der Waals surface area contributed by atoms with Gasteiger partial charge in [0.2, 0.25) is 0 Å². The predicted molar refractivity (Wildman–Crippen MR) is 112 cm³/mol. The lowest BCUT2D eigenvalue weighted by Gasteiger charge is -2.33. The van der Waals surface area contributed by atoms with Crippen molar-refractivity contribution in [3.63, 3.8) is 0 Å². The quantitative estimate of drug-likeness (QED) is 0.135. The lowest BCUT2D eigenvalue weighted by molar-refractivity contribution is -0.132. The minimum atomic E-state index is -1.63. The molecule has 2 rings (SSSR count). The number of aliphatic hydroxyl groups excluding tert-OH is 4. The van der Waals surface area contributed by atoms with Crippen molar-refractivity contribution in [1.29, 1.82) is 0 Å². The smallest absolute Gasteiger partial charge is 0.352 e. The molecule has 0 saturated heterocycles. The van der Waals surface area contributed by atoms with Crippen molar-refractivity contribution in [2.24, 2.45) is 4.99 Å². The lowest BCUT2D eigenvalue weighted by atomic mass is 9.97. The molecule has 0 unspecified atom stereocenters. The second-order valence-electron chi connectivity index (χ2n) is 6.43. The van der Waals surface area contributed by atoms with Gasteiger partial charge in [-0.05, 0) is 23.8 Å². The summed E-state index contributed by atoms with van der Waals surface area (Å²) in [6, 6.07) is 5.53. The Morgan fingerprint density at radius 2 is 1.83 bits per heavy atom. The first-order valence-corrected chi connectivity index (χ1v) is 9.86. The molecule has 0 aromatic heterocycles. The molecule has 1 aromatic rings. The van der Waals surface area contributed by atoms with Gasteiger partial charge in [-0.15, -0.1) is 0 Å². The average molecular weight is 442 g/mol. The Labute approximate surface area is 178 Å². The zero-order chi connectivity index (χ0) is 22.1. The maximum absolute atomic E-state index is 11.6. The van der Waals surface area contributed by atoms with Gasteiger partial charge in [-0.1, -0.05) is 12.1 Å². The molecule has 0 bridgehead atoms. The van der Waals surface area contributed by atoms with Crippen LogP contribution < -0.4 is 10.1 Å². The van der Waals surface area contributed by atoms with Gasteiger partial charge >= 0.3 is 5.97 Å². The molecule has 10 nitrogen and oxygen atoms in total. The summed E-state index contributed by atoms with van der Waals surface area (Å²) >= 11 is 4.04. The second-order valence-corrected chi connectivity index (χ2v) is 6.88. The van der Waals surface area contributed by atoms with E-state index in [4.69, 9.17) is 9.47 Å². The van der Waals surface area contributed by atoms with Crippen molar-refractivity contribution in [2.45, 2.75) is 24.4 Å². The van der Waals surface area contributed by atoms with Crippen molar-refractivity contribution >= 4 is 30.5 Å². The number of ether oxygens (including phenoxy) is 2. The maximum atomic E-state index is 11.6. The topological polar surface area (TPSA) is 161 Å².